The van der Waals surface area contributed by atoms with Gasteiger partial charge in [-0.1, -0.05) is 57.0 Å². The number of aryl methyl sites for hydroxylation is 1. The van der Waals surface area contributed by atoms with Crippen molar-refractivity contribution in [2.24, 2.45) is 11.1 Å². The normalized spacial score (nSPS) is 22.0. The fourth-order valence-electron chi connectivity index (χ4n) is 3.50. The summed E-state index contributed by atoms with van der Waals surface area (Å²) in [4.78, 5) is 2.63. The number of piperidine rings is 1. The predicted octanol–water partition coefficient (Wildman–Crippen LogP) is 4.29. The zero-order valence-corrected chi connectivity index (χ0v) is 14.2. The van der Waals surface area contributed by atoms with Gasteiger partial charge in [-0.3, -0.25) is 4.90 Å². The third-order valence-electron chi connectivity index (χ3n) is 5.51. The van der Waals surface area contributed by atoms with Gasteiger partial charge in [0.1, 0.15) is 0 Å². The van der Waals surface area contributed by atoms with Crippen LogP contribution in [0.5, 0.6) is 0 Å². The summed E-state index contributed by atoms with van der Waals surface area (Å²) in [5.74, 6) is 0. The third kappa shape index (κ3) is 3.87. The quantitative estimate of drug-likeness (QED) is 0.876. The van der Waals surface area contributed by atoms with E-state index < -0.39 is 0 Å². The predicted molar refractivity (Wildman–Crippen MR) is 91.4 cm³/mol. The Kier molecular flexibility index (Phi) is 5.45. The molecule has 0 aliphatic carbocycles. The highest BCUT2D eigenvalue weighted by atomic mass is 15.2. The van der Waals surface area contributed by atoms with Gasteiger partial charge in [0.15, 0.2) is 0 Å². The van der Waals surface area contributed by atoms with Crippen molar-refractivity contribution >= 4 is 0 Å². The van der Waals surface area contributed by atoms with Gasteiger partial charge < -0.3 is 5.73 Å². The minimum atomic E-state index is 0.220. The van der Waals surface area contributed by atoms with Crippen LogP contribution in [0.1, 0.15) is 63.6 Å². The smallest absolute Gasteiger partial charge is 0.0499 e. The first-order valence-corrected chi connectivity index (χ1v) is 8.55. The summed E-state index contributed by atoms with van der Waals surface area (Å²) in [5, 5.41) is 0. The minimum Gasteiger partial charge on any atom is -0.326 e. The molecule has 0 saturated carbocycles. The number of nitrogens with zero attached hydrogens (tertiary/aromatic N) is 1. The molecule has 1 heterocycles. The van der Waals surface area contributed by atoms with Crippen molar-refractivity contribution in [1.29, 1.82) is 0 Å². The molecule has 1 aliphatic heterocycles. The van der Waals surface area contributed by atoms with Crippen LogP contribution in [-0.4, -0.2) is 24.0 Å². The van der Waals surface area contributed by atoms with Gasteiger partial charge >= 0.3 is 0 Å². The van der Waals surface area contributed by atoms with E-state index in [2.05, 4.69) is 56.9 Å². The van der Waals surface area contributed by atoms with Crippen molar-refractivity contribution in [2.75, 3.05) is 13.1 Å². The molecule has 1 fully saturated rings. The average Bonchev–Trinajstić information content (AvgIpc) is 2.49. The van der Waals surface area contributed by atoms with Crippen LogP contribution in [0.15, 0.2) is 24.3 Å². The second-order valence-electron chi connectivity index (χ2n) is 7.13. The molecule has 0 aromatic heterocycles. The highest BCUT2D eigenvalue weighted by Gasteiger charge is 2.33. The fraction of sp³-hybridized carbons (Fsp3) is 0.684. The molecule has 0 bridgehead atoms. The van der Waals surface area contributed by atoms with E-state index in [-0.39, 0.29) is 6.04 Å². The monoisotopic (exact) mass is 288 g/mol. The first-order chi connectivity index (χ1) is 9.99. The number of nitrogens with two attached hydrogens (primary N) is 1. The molecule has 21 heavy (non-hydrogen) atoms. The van der Waals surface area contributed by atoms with E-state index in [1.165, 1.54) is 43.5 Å². The van der Waals surface area contributed by atoms with Gasteiger partial charge in [0, 0.05) is 12.1 Å². The Morgan fingerprint density at radius 1 is 1.24 bits per heavy atom. The van der Waals surface area contributed by atoms with Crippen molar-refractivity contribution in [3.05, 3.63) is 35.4 Å². The molecular weight excluding hydrogens is 256 g/mol. The molecule has 0 spiro atoms. The molecule has 1 aliphatic rings. The van der Waals surface area contributed by atoms with Crippen molar-refractivity contribution in [3.63, 3.8) is 0 Å². The van der Waals surface area contributed by atoms with Crippen molar-refractivity contribution in [1.82, 2.24) is 4.90 Å². The van der Waals surface area contributed by atoms with E-state index in [0.717, 1.165) is 6.42 Å². The first-order valence-electron chi connectivity index (χ1n) is 8.55. The summed E-state index contributed by atoms with van der Waals surface area (Å²) >= 11 is 0. The Bertz CT molecular complexity index is 447. The lowest BCUT2D eigenvalue weighted by atomic mass is 9.77. The molecule has 2 heteroatoms. The molecule has 118 valence electrons. The lowest BCUT2D eigenvalue weighted by molar-refractivity contribution is 0.0693. The van der Waals surface area contributed by atoms with E-state index >= 15 is 0 Å². The summed E-state index contributed by atoms with van der Waals surface area (Å²) in [6.45, 7) is 11.5. The molecule has 1 aromatic carbocycles. The van der Waals surface area contributed by atoms with Crippen LogP contribution in [0, 0.1) is 12.3 Å². The van der Waals surface area contributed by atoms with Crippen LogP contribution in [-0.2, 0) is 0 Å². The first kappa shape index (κ1) is 16.5. The molecule has 2 nitrogen and oxygen atoms in total. The van der Waals surface area contributed by atoms with E-state index in [4.69, 9.17) is 5.73 Å². The van der Waals surface area contributed by atoms with Gasteiger partial charge in [-0.05, 0) is 50.3 Å². The summed E-state index contributed by atoms with van der Waals surface area (Å²) in [7, 11) is 0. The van der Waals surface area contributed by atoms with Crippen molar-refractivity contribution < 1.29 is 0 Å². The second-order valence-corrected chi connectivity index (χ2v) is 7.13. The number of likely N-dealkylation sites (tertiary alicyclic amines) is 1. The molecule has 0 radical (unpaired) electrons. The number of benzene rings is 1. The van der Waals surface area contributed by atoms with E-state index in [1.54, 1.807) is 0 Å². The van der Waals surface area contributed by atoms with Crippen LogP contribution in [0.3, 0.4) is 0 Å². The molecule has 2 N–H and O–H groups in total. The average molecular weight is 288 g/mol. The maximum Gasteiger partial charge on any atom is 0.0499 e. The second kappa shape index (κ2) is 6.93. The largest absolute Gasteiger partial charge is 0.326 e. The van der Waals surface area contributed by atoms with Gasteiger partial charge in [-0.25, -0.2) is 0 Å². The Balaban J connectivity index is 2.18. The van der Waals surface area contributed by atoms with Crippen LogP contribution in [0.4, 0.5) is 0 Å². The highest BCUT2D eigenvalue weighted by Crippen LogP contribution is 2.38. The van der Waals surface area contributed by atoms with Gasteiger partial charge in [0.05, 0.1) is 0 Å². The molecule has 0 amide bonds. The Labute approximate surface area is 130 Å². The number of hydrogen-bond donors (Lipinski definition) is 1. The van der Waals surface area contributed by atoms with Crippen LogP contribution in [0.2, 0.25) is 0 Å². The Morgan fingerprint density at radius 2 is 1.90 bits per heavy atom. The maximum atomic E-state index is 6.49. The molecule has 1 saturated heterocycles. The Morgan fingerprint density at radius 3 is 2.43 bits per heavy atom. The van der Waals surface area contributed by atoms with Gasteiger partial charge in [0.25, 0.3) is 0 Å². The minimum absolute atomic E-state index is 0.220. The zero-order valence-electron chi connectivity index (χ0n) is 14.2. The zero-order chi connectivity index (χ0) is 15.5. The summed E-state index contributed by atoms with van der Waals surface area (Å²) in [5.41, 5.74) is 9.74. The van der Waals surface area contributed by atoms with Gasteiger partial charge in [0.2, 0.25) is 0 Å². The highest BCUT2D eigenvalue weighted by molar-refractivity contribution is 5.26. The molecule has 1 aromatic rings. The molecule has 2 atom stereocenters. The van der Waals surface area contributed by atoms with Crippen molar-refractivity contribution in [2.45, 2.75) is 65.5 Å². The maximum absolute atomic E-state index is 6.49. The molecular formula is C19H32N2. The lowest BCUT2D eigenvalue weighted by Gasteiger charge is -2.44. The van der Waals surface area contributed by atoms with E-state index in [1.807, 2.05) is 0 Å². The fourth-order valence-corrected chi connectivity index (χ4v) is 3.50. The third-order valence-corrected chi connectivity index (χ3v) is 5.51. The summed E-state index contributed by atoms with van der Waals surface area (Å²) in [6.07, 6.45) is 4.90. The number of rotatable bonds is 5. The van der Waals surface area contributed by atoms with Crippen LogP contribution < -0.4 is 5.73 Å². The van der Waals surface area contributed by atoms with E-state index in [9.17, 15) is 0 Å². The summed E-state index contributed by atoms with van der Waals surface area (Å²) < 4.78 is 0. The van der Waals surface area contributed by atoms with E-state index in [0.29, 0.717) is 11.5 Å². The topological polar surface area (TPSA) is 29.3 Å². The summed E-state index contributed by atoms with van der Waals surface area (Å²) in [6, 6.07) is 9.49. The van der Waals surface area contributed by atoms with Gasteiger partial charge in [-0.2, -0.15) is 0 Å². The van der Waals surface area contributed by atoms with Gasteiger partial charge in [-0.15, -0.1) is 0 Å². The SMILES string of the molecule is CCC(N)C(c1cccc(C)c1)N1CCC(C)(CC)CC1. The van der Waals surface area contributed by atoms with Crippen LogP contribution in [0.25, 0.3) is 0 Å². The standard InChI is InChI=1S/C19H32N2/c1-5-17(20)18(16-9-7-8-15(3)14-16)21-12-10-19(4,6-2)11-13-21/h7-9,14,17-18H,5-6,10-13,20H2,1-4H3. The number of hydrogen-bond acceptors (Lipinski definition) is 2. The van der Waals surface area contributed by atoms with Crippen molar-refractivity contribution in [3.8, 4) is 0 Å². The Hall–Kier alpha value is -0.860. The molecule has 2 rings (SSSR count). The lowest BCUT2D eigenvalue weighted by Crippen LogP contribution is -2.46. The van der Waals surface area contributed by atoms with Crippen LogP contribution >= 0.6 is 0 Å². The molecule has 2 unspecified atom stereocenters.